The summed E-state index contributed by atoms with van der Waals surface area (Å²) in [7, 11) is 0. The van der Waals surface area contributed by atoms with Gasteiger partial charge in [-0.3, -0.25) is 0 Å². The first kappa shape index (κ1) is 14.4. The molecule has 0 saturated carbocycles. The fourth-order valence-electron chi connectivity index (χ4n) is 1.41. The summed E-state index contributed by atoms with van der Waals surface area (Å²) in [5.41, 5.74) is 0.498. The number of fused-ring (bicyclic) bond motifs is 1. The average molecular weight is 316 g/mol. The Hall–Kier alpha value is -1.06. The third-order valence-corrected chi connectivity index (χ3v) is 5.24. The zero-order chi connectivity index (χ0) is 13.8. The van der Waals surface area contributed by atoms with Crippen molar-refractivity contribution in [3.63, 3.8) is 0 Å². The largest absolute Gasteiger partial charge is 0.462 e. The van der Waals surface area contributed by atoms with E-state index in [0.29, 0.717) is 22.1 Å². The number of carbonyl (C=O) groups is 1. The predicted octanol–water partition coefficient (Wildman–Crippen LogP) is 2.14. The Morgan fingerprint density at radius 3 is 2.79 bits per heavy atom. The molecule has 0 saturated heterocycles. The number of rotatable bonds is 5. The molecule has 2 aromatic rings. The first-order valence-corrected chi connectivity index (χ1v) is 8.64. The standard InChI is InChI=1S/C10H12N4O2S3/c1-4-16-8(15)6(9(17-2)18-3)7-13-14-5-11-12-10(14)19-7/h5H,4H2,1-3H3. The number of aromatic nitrogens is 4. The summed E-state index contributed by atoms with van der Waals surface area (Å²) in [5.74, 6) is -0.355. The molecule has 2 rings (SSSR count). The first-order chi connectivity index (χ1) is 9.21. The summed E-state index contributed by atoms with van der Waals surface area (Å²) >= 11 is 4.32. The van der Waals surface area contributed by atoms with Crippen molar-refractivity contribution in [2.45, 2.75) is 6.92 Å². The minimum absolute atomic E-state index is 0.336. The fraction of sp³-hybridized carbons (Fsp3) is 0.400. The van der Waals surface area contributed by atoms with Gasteiger partial charge in [-0.15, -0.1) is 33.7 Å². The van der Waals surface area contributed by atoms with Crippen LogP contribution in [0.3, 0.4) is 0 Å². The minimum Gasteiger partial charge on any atom is -0.462 e. The van der Waals surface area contributed by atoms with E-state index >= 15 is 0 Å². The molecule has 2 aromatic heterocycles. The molecular weight excluding hydrogens is 304 g/mol. The van der Waals surface area contributed by atoms with Crippen LogP contribution in [0.2, 0.25) is 0 Å². The van der Waals surface area contributed by atoms with E-state index in [1.807, 2.05) is 12.5 Å². The van der Waals surface area contributed by atoms with Crippen LogP contribution in [0.1, 0.15) is 11.9 Å². The Bertz CT molecular complexity index is 585. The van der Waals surface area contributed by atoms with Gasteiger partial charge >= 0.3 is 5.97 Å². The molecule has 0 bridgehead atoms. The summed E-state index contributed by atoms with van der Waals surface area (Å²) in [6, 6.07) is 0. The summed E-state index contributed by atoms with van der Waals surface area (Å²) in [4.78, 5) is 12.8. The molecule has 6 nitrogen and oxygen atoms in total. The second-order valence-electron chi connectivity index (χ2n) is 3.26. The topological polar surface area (TPSA) is 69.4 Å². The maximum atomic E-state index is 12.1. The lowest BCUT2D eigenvalue weighted by molar-refractivity contribution is -0.136. The van der Waals surface area contributed by atoms with E-state index in [4.69, 9.17) is 4.74 Å². The molecule has 0 aliphatic heterocycles. The van der Waals surface area contributed by atoms with Gasteiger partial charge in [0, 0.05) is 0 Å². The number of esters is 1. The highest BCUT2D eigenvalue weighted by Gasteiger charge is 2.23. The molecule has 102 valence electrons. The first-order valence-electron chi connectivity index (χ1n) is 5.37. The Balaban J connectivity index is 2.51. The number of carbonyl (C=O) groups excluding carboxylic acids is 1. The highest BCUT2D eigenvalue weighted by molar-refractivity contribution is 8.22. The van der Waals surface area contributed by atoms with Gasteiger partial charge in [-0.25, -0.2) is 4.79 Å². The van der Waals surface area contributed by atoms with Gasteiger partial charge < -0.3 is 4.74 Å². The van der Waals surface area contributed by atoms with Gasteiger partial charge in [-0.05, 0) is 19.4 Å². The molecule has 0 fully saturated rings. The van der Waals surface area contributed by atoms with Gasteiger partial charge in [0.25, 0.3) is 0 Å². The van der Waals surface area contributed by atoms with E-state index in [0.717, 1.165) is 4.24 Å². The maximum Gasteiger partial charge on any atom is 0.342 e. The van der Waals surface area contributed by atoms with Crippen molar-refractivity contribution in [1.82, 2.24) is 19.8 Å². The van der Waals surface area contributed by atoms with Gasteiger partial charge in [0.15, 0.2) is 5.01 Å². The van der Waals surface area contributed by atoms with E-state index in [1.165, 1.54) is 41.2 Å². The lowest BCUT2D eigenvalue weighted by atomic mass is 10.3. The van der Waals surface area contributed by atoms with Crippen LogP contribution < -0.4 is 0 Å². The molecule has 0 unspecified atom stereocenters. The van der Waals surface area contributed by atoms with Crippen molar-refractivity contribution in [1.29, 1.82) is 0 Å². The number of nitrogens with zero attached hydrogens (tertiary/aromatic N) is 4. The Labute approximate surface area is 122 Å². The predicted molar refractivity (Wildman–Crippen MR) is 79.2 cm³/mol. The normalized spacial score (nSPS) is 10.7. The number of hydrogen-bond donors (Lipinski definition) is 0. The summed E-state index contributed by atoms with van der Waals surface area (Å²) < 4.78 is 7.54. The summed E-state index contributed by atoms with van der Waals surface area (Å²) in [6.07, 6.45) is 5.35. The van der Waals surface area contributed by atoms with Gasteiger partial charge in [-0.2, -0.15) is 9.61 Å². The number of ether oxygens (including phenoxy) is 1. The van der Waals surface area contributed by atoms with Gasteiger partial charge in [-0.1, -0.05) is 11.3 Å². The Kier molecular flexibility index (Phi) is 4.83. The zero-order valence-corrected chi connectivity index (χ0v) is 13.1. The van der Waals surface area contributed by atoms with E-state index in [1.54, 1.807) is 11.4 Å². The minimum atomic E-state index is -0.355. The SMILES string of the molecule is CCOC(=O)C(=C(SC)SC)c1nn2cnnc2s1. The number of hydrogen-bond acceptors (Lipinski definition) is 8. The zero-order valence-electron chi connectivity index (χ0n) is 10.6. The van der Waals surface area contributed by atoms with Crippen LogP contribution in [0.4, 0.5) is 0 Å². The highest BCUT2D eigenvalue weighted by Crippen LogP contribution is 2.35. The van der Waals surface area contributed by atoms with Crippen molar-refractivity contribution in [3.05, 3.63) is 15.6 Å². The lowest BCUT2D eigenvalue weighted by Crippen LogP contribution is -2.08. The molecule has 0 aliphatic rings. The van der Waals surface area contributed by atoms with Crippen LogP contribution in [0, 0.1) is 0 Å². The van der Waals surface area contributed by atoms with Gasteiger partial charge in [0.2, 0.25) is 4.96 Å². The second kappa shape index (κ2) is 6.40. The molecule has 0 atom stereocenters. The molecular formula is C10H12N4O2S3. The second-order valence-corrected chi connectivity index (χ2v) is 6.10. The smallest absolute Gasteiger partial charge is 0.342 e. The van der Waals surface area contributed by atoms with E-state index in [2.05, 4.69) is 15.3 Å². The monoisotopic (exact) mass is 316 g/mol. The van der Waals surface area contributed by atoms with Crippen molar-refractivity contribution < 1.29 is 9.53 Å². The van der Waals surface area contributed by atoms with E-state index in [-0.39, 0.29) is 5.97 Å². The molecule has 9 heteroatoms. The maximum absolute atomic E-state index is 12.1. The highest BCUT2D eigenvalue weighted by atomic mass is 32.2. The van der Waals surface area contributed by atoms with Crippen molar-refractivity contribution >= 4 is 51.4 Å². The Morgan fingerprint density at radius 1 is 1.47 bits per heavy atom. The van der Waals surface area contributed by atoms with E-state index < -0.39 is 0 Å². The average Bonchev–Trinajstić information content (AvgIpc) is 2.96. The molecule has 2 heterocycles. The molecule has 0 N–H and O–H groups in total. The molecule has 0 radical (unpaired) electrons. The summed E-state index contributed by atoms with van der Waals surface area (Å²) in [5, 5.41) is 12.6. The molecule has 0 spiro atoms. The molecule has 0 aliphatic carbocycles. The lowest BCUT2D eigenvalue weighted by Gasteiger charge is -2.08. The number of thioether (sulfide) groups is 2. The van der Waals surface area contributed by atoms with E-state index in [9.17, 15) is 4.79 Å². The van der Waals surface area contributed by atoms with Crippen LogP contribution in [-0.2, 0) is 9.53 Å². The third kappa shape index (κ3) is 2.93. The fourth-order valence-corrected chi connectivity index (χ4v) is 3.83. The van der Waals surface area contributed by atoms with Crippen LogP contribution >= 0.6 is 34.9 Å². The third-order valence-electron chi connectivity index (χ3n) is 2.16. The van der Waals surface area contributed by atoms with Crippen molar-refractivity contribution in [3.8, 4) is 0 Å². The van der Waals surface area contributed by atoms with Crippen LogP contribution in [0.15, 0.2) is 10.6 Å². The van der Waals surface area contributed by atoms with Gasteiger partial charge in [0.05, 0.1) is 10.8 Å². The van der Waals surface area contributed by atoms with Gasteiger partial charge in [0.1, 0.15) is 11.9 Å². The van der Waals surface area contributed by atoms with Crippen LogP contribution in [0.5, 0.6) is 0 Å². The molecule has 0 amide bonds. The van der Waals surface area contributed by atoms with Crippen molar-refractivity contribution in [2.24, 2.45) is 0 Å². The summed E-state index contributed by atoms with van der Waals surface area (Å²) in [6.45, 7) is 2.12. The van der Waals surface area contributed by atoms with Crippen LogP contribution in [-0.4, -0.2) is 44.9 Å². The van der Waals surface area contributed by atoms with Crippen LogP contribution in [0.25, 0.3) is 10.5 Å². The molecule has 19 heavy (non-hydrogen) atoms. The quantitative estimate of drug-likeness (QED) is 0.618. The molecule has 0 aromatic carbocycles. The Morgan fingerprint density at radius 2 is 2.21 bits per heavy atom. The van der Waals surface area contributed by atoms with Crippen molar-refractivity contribution in [2.75, 3.05) is 19.1 Å².